The summed E-state index contributed by atoms with van der Waals surface area (Å²) in [6, 6.07) is 15.3. The minimum absolute atomic E-state index is 0.0574. The van der Waals surface area contributed by atoms with Crippen LogP contribution in [0.25, 0.3) is 0 Å². The molecule has 3 rings (SSSR count). The quantitative estimate of drug-likeness (QED) is 0.685. The first-order chi connectivity index (χ1) is 15.0. The smallest absolute Gasteiger partial charge is 0.242 e. The molecule has 2 aromatic rings. The zero-order valence-electron chi connectivity index (χ0n) is 18.9. The molecule has 1 unspecified atom stereocenters. The van der Waals surface area contributed by atoms with Gasteiger partial charge in [0.2, 0.25) is 11.8 Å². The molecule has 1 atom stereocenters. The van der Waals surface area contributed by atoms with Crippen LogP contribution in [0.15, 0.2) is 48.5 Å². The average Bonchev–Trinajstić information content (AvgIpc) is 2.79. The fourth-order valence-electron chi connectivity index (χ4n) is 4.10. The number of nitrogens with zero attached hydrogens (tertiary/aromatic N) is 1. The first-order valence-electron chi connectivity index (χ1n) is 11.2. The minimum atomic E-state index is -0.550. The second-order valence-electron chi connectivity index (χ2n) is 8.56. The Hall–Kier alpha value is -2.82. The molecule has 2 aromatic carbocycles. The maximum atomic E-state index is 13.3. The molecule has 31 heavy (non-hydrogen) atoms. The van der Waals surface area contributed by atoms with Gasteiger partial charge in [0.1, 0.15) is 11.8 Å². The number of aryl methyl sites for hydroxylation is 1. The number of amides is 2. The minimum Gasteiger partial charge on any atom is -0.497 e. The van der Waals surface area contributed by atoms with E-state index in [0.717, 1.165) is 48.1 Å². The molecule has 1 fully saturated rings. The van der Waals surface area contributed by atoms with Crippen LogP contribution in [-0.4, -0.2) is 35.9 Å². The van der Waals surface area contributed by atoms with Crippen molar-refractivity contribution in [3.63, 3.8) is 0 Å². The fourth-order valence-corrected chi connectivity index (χ4v) is 4.10. The number of nitrogens with one attached hydrogen (secondary N) is 1. The second kappa shape index (κ2) is 11.0. The van der Waals surface area contributed by atoms with E-state index in [1.807, 2.05) is 62.4 Å². The van der Waals surface area contributed by atoms with Gasteiger partial charge in [-0.1, -0.05) is 61.2 Å². The van der Waals surface area contributed by atoms with Gasteiger partial charge in [-0.2, -0.15) is 0 Å². The second-order valence-corrected chi connectivity index (χ2v) is 8.56. The van der Waals surface area contributed by atoms with Crippen molar-refractivity contribution in [3.8, 4) is 5.75 Å². The molecule has 1 aliphatic rings. The van der Waals surface area contributed by atoms with Crippen molar-refractivity contribution in [2.45, 2.75) is 71.0 Å². The summed E-state index contributed by atoms with van der Waals surface area (Å²) in [6.07, 6.45) is 5.85. The summed E-state index contributed by atoms with van der Waals surface area (Å²) >= 11 is 0. The Kier molecular flexibility index (Phi) is 8.10. The van der Waals surface area contributed by atoms with Gasteiger partial charge >= 0.3 is 0 Å². The first kappa shape index (κ1) is 22.9. The van der Waals surface area contributed by atoms with E-state index in [0.29, 0.717) is 6.54 Å². The molecule has 0 aromatic heterocycles. The highest BCUT2D eigenvalue weighted by atomic mass is 16.5. The van der Waals surface area contributed by atoms with E-state index in [-0.39, 0.29) is 24.3 Å². The van der Waals surface area contributed by atoms with E-state index in [1.165, 1.54) is 6.42 Å². The number of methoxy groups -OCH3 is 1. The summed E-state index contributed by atoms with van der Waals surface area (Å²) in [4.78, 5) is 28.0. The molecule has 1 N–H and O–H groups in total. The number of benzene rings is 2. The van der Waals surface area contributed by atoms with Gasteiger partial charge in [-0.25, -0.2) is 0 Å². The van der Waals surface area contributed by atoms with E-state index < -0.39 is 6.04 Å². The van der Waals surface area contributed by atoms with Gasteiger partial charge < -0.3 is 15.0 Å². The van der Waals surface area contributed by atoms with Crippen LogP contribution in [0.3, 0.4) is 0 Å². The number of hydrogen-bond acceptors (Lipinski definition) is 3. The molecule has 2 amide bonds. The maximum Gasteiger partial charge on any atom is 0.242 e. The van der Waals surface area contributed by atoms with Crippen LogP contribution < -0.4 is 10.1 Å². The van der Waals surface area contributed by atoms with Gasteiger partial charge in [-0.15, -0.1) is 0 Å². The molecular formula is C26H34N2O3. The van der Waals surface area contributed by atoms with E-state index >= 15 is 0 Å². The fraction of sp³-hybridized carbons (Fsp3) is 0.462. The number of carbonyl (C=O) groups is 2. The Morgan fingerprint density at radius 3 is 2.45 bits per heavy atom. The van der Waals surface area contributed by atoms with Crippen LogP contribution in [0.2, 0.25) is 0 Å². The number of carbonyl (C=O) groups excluding carboxylic acids is 2. The topological polar surface area (TPSA) is 58.6 Å². The van der Waals surface area contributed by atoms with Crippen LogP contribution in [0.5, 0.6) is 5.75 Å². The summed E-state index contributed by atoms with van der Waals surface area (Å²) in [5.41, 5.74) is 3.05. The lowest BCUT2D eigenvalue weighted by Crippen LogP contribution is -2.50. The predicted octanol–water partition coefficient (Wildman–Crippen LogP) is 4.41. The van der Waals surface area contributed by atoms with Crippen LogP contribution in [0, 0.1) is 6.92 Å². The standard InChI is InChI=1S/C26H34N2O3/c1-19-12-14-21(15-13-19)17-25(29)28(18-22-8-7-11-24(16-22)31-3)20(2)26(30)27-23-9-5-4-6-10-23/h7-8,11-16,20,23H,4-6,9-10,17-18H2,1-3H3,(H,27,30). The summed E-state index contributed by atoms with van der Waals surface area (Å²) in [6.45, 7) is 4.21. The lowest BCUT2D eigenvalue weighted by molar-refractivity contribution is -0.140. The Morgan fingerprint density at radius 2 is 1.77 bits per heavy atom. The van der Waals surface area contributed by atoms with E-state index in [2.05, 4.69) is 5.32 Å². The van der Waals surface area contributed by atoms with Crippen LogP contribution in [-0.2, 0) is 22.6 Å². The number of rotatable bonds is 8. The van der Waals surface area contributed by atoms with Gasteiger partial charge in [0.15, 0.2) is 0 Å². The lowest BCUT2D eigenvalue weighted by atomic mass is 9.95. The SMILES string of the molecule is COc1cccc(CN(C(=O)Cc2ccc(C)cc2)C(C)C(=O)NC2CCCCC2)c1. The van der Waals surface area contributed by atoms with Gasteiger partial charge in [0.25, 0.3) is 0 Å². The third-order valence-corrected chi connectivity index (χ3v) is 6.08. The first-order valence-corrected chi connectivity index (χ1v) is 11.2. The van der Waals surface area contributed by atoms with Crippen LogP contribution in [0.4, 0.5) is 0 Å². The molecule has 1 aliphatic carbocycles. The molecule has 5 heteroatoms. The normalized spacial score (nSPS) is 15.2. The zero-order valence-corrected chi connectivity index (χ0v) is 18.9. The largest absolute Gasteiger partial charge is 0.497 e. The zero-order chi connectivity index (χ0) is 22.2. The molecule has 0 spiro atoms. The maximum absolute atomic E-state index is 13.3. The Balaban J connectivity index is 1.76. The van der Waals surface area contributed by atoms with E-state index in [9.17, 15) is 9.59 Å². The third kappa shape index (κ3) is 6.58. The van der Waals surface area contributed by atoms with Crippen molar-refractivity contribution in [2.75, 3.05) is 7.11 Å². The molecule has 1 saturated carbocycles. The average molecular weight is 423 g/mol. The van der Waals surface area contributed by atoms with Crippen LogP contribution >= 0.6 is 0 Å². The van der Waals surface area contributed by atoms with E-state index in [4.69, 9.17) is 4.74 Å². The molecule has 0 saturated heterocycles. The Bertz CT molecular complexity index is 872. The summed E-state index contributed by atoms with van der Waals surface area (Å²) in [5.74, 6) is 0.604. The van der Waals surface area contributed by atoms with Crippen molar-refractivity contribution in [2.24, 2.45) is 0 Å². The van der Waals surface area contributed by atoms with E-state index in [1.54, 1.807) is 12.0 Å². The Morgan fingerprint density at radius 1 is 1.06 bits per heavy atom. The predicted molar refractivity (Wildman–Crippen MR) is 123 cm³/mol. The molecule has 0 bridgehead atoms. The highest BCUT2D eigenvalue weighted by molar-refractivity contribution is 5.88. The van der Waals surface area contributed by atoms with Gasteiger partial charge in [-0.05, 0) is 49.9 Å². The molecule has 5 nitrogen and oxygen atoms in total. The Labute approximate surface area is 185 Å². The van der Waals surface area contributed by atoms with Crippen molar-refractivity contribution in [1.82, 2.24) is 10.2 Å². The molecule has 0 aliphatic heterocycles. The van der Waals surface area contributed by atoms with Crippen molar-refractivity contribution in [1.29, 1.82) is 0 Å². The molecule has 166 valence electrons. The van der Waals surface area contributed by atoms with Gasteiger partial charge in [-0.3, -0.25) is 9.59 Å². The monoisotopic (exact) mass is 422 g/mol. The highest BCUT2D eigenvalue weighted by Crippen LogP contribution is 2.20. The van der Waals surface area contributed by atoms with Crippen molar-refractivity contribution < 1.29 is 14.3 Å². The molecule has 0 radical (unpaired) electrons. The van der Waals surface area contributed by atoms with Gasteiger partial charge in [0.05, 0.1) is 13.5 Å². The summed E-state index contributed by atoms with van der Waals surface area (Å²) in [7, 11) is 1.62. The number of ether oxygens (including phenoxy) is 1. The lowest BCUT2D eigenvalue weighted by Gasteiger charge is -2.31. The number of hydrogen-bond donors (Lipinski definition) is 1. The third-order valence-electron chi connectivity index (χ3n) is 6.08. The van der Waals surface area contributed by atoms with Crippen LogP contribution in [0.1, 0.15) is 55.7 Å². The molecule has 0 heterocycles. The summed E-state index contributed by atoms with van der Waals surface area (Å²) < 4.78 is 5.33. The van der Waals surface area contributed by atoms with Crippen molar-refractivity contribution >= 4 is 11.8 Å². The highest BCUT2D eigenvalue weighted by Gasteiger charge is 2.28. The molecular weight excluding hydrogens is 388 g/mol. The summed E-state index contributed by atoms with van der Waals surface area (Å²) in [5, 5.41) is 3.18. The van der Waals surface area contributed by atoms with Crippen molar-refractivity contribution in [3.05, 3.63) is 65.2 Å². The van der Waals surface area contributed by atoms with Gasteiger partial charge in [0, 0.05) is 12.6 Å².